The lowest BCUT2D eigenvalue weighted by Crippen LogP contribution is -2.50. The number of imidazole rings is 1. The molecule has 1 fully saturated rings. The highest BCUT2D eigenvalue weighted by atomic mass is 16.6. The zero-order chi connectivity index (χ0) is 20.3. The van der Waals surface area contributed by atoms with E-state index in [2.05, 4.69) is 9.88 Å². The molecule has 0 radical (unpaired) electrons. The summed E-state index contributed by atoms with van der Waals surface area (Å²) in [6.07, 6.45) is 2.52. The number of aliphatic hydroxyl groups is 1. The lowest BCUT2D eigenvalue weighted by molar-refractivity contribution is 0.0240. The summed E-state index contributed by atoms with van der Waals surface area (Å²) in [6.45, 7) is 10.9. The Morgan fingerprint density at radius 3 is 2.54 bits per heavy atom. The van der Waals surface area contributed by atoms with Crippen LogP contribution in [0.2, 0.25) is 0 Å². The Morgan fingerprint density at radius 2 is 1.89 bits per heavy atom. The van der Waals surface area contributed by atoms with Crippen molar-refractivity contribution in [2.75, 3.05) is 31.1 Å². The Hall–Kier alpha value is -2.54. The largest absolute Gasteiger partial charge is 0.444 e. The number of amides is 1. The maximum atomic E-state index is 12.3. The van der Waals surface area contributed by atoms with Crippen molar-refractivity contribution in [3.05, 3.63) is 48.0 Å². The van der Waals surface area contributed by atoms with Gasteiger partial charge in [0.25, 0.3) is 0 Å². The highest BCUT2D eigenvalue weighted by Gasteiger charge is 2.28. The smallest absolute Gasteiger partial charge is 0.410 e. The average Bonchev–Trinajstić information content (AvgIpc) is 3.15. The van der Waals surface area contributed by atoms with Crippen molar-refractivity contribution in [2.24, 2.45) is 0 Å². The summed E-state index contributed by atoms with van der Waals surface area (Å²) >= 11 is 0. The van der Waals surface area contributed by atoms with E-state index in [1.54, 1.807) is 11.1 Å². The van der Waals surface area contributed by atoms with Gasteiger partial charge >= 0.3 is 6.09 Å². The van der Waals surface area contributed by atoms with E-state index in [-0.39, 0.29) is 6.09 Å². The molecule has 1 atom stereocenters. The number of aryl methyl sites for hydroxylation is 1. The van der Waals surface area contributed by atoms with Gasteiger partial charge in [-0.05, 0) is 33.8 Å². The van der Waals surface area contributed by atoms with Crippen LogP contribution in [0.25, 0.3) is 0 Å². The minimum Gasteiger partial charge on any atom is -0.444 e. The van der Waals surface area contributed by atoms with E-state index < -0.39 is 11.7 Å². The minimum atomic E-state index is -0.796. The van der Waals surface area contributed by atoms with E-state index >= 15 is 0 Å². The SMILES string of the molecule is CCn1ccnc1C(O)c1ccccc1N1CCN(C(=O)OC(C)(C)C)CC1. The van der Waals surface area contributed by atoms with E-state index in [1.807, 2.05) is 62.7 Å². The lowest BCUT2D eigenvalue weighted by atomic mass is 10.0. The molecule has 1 amide bonds. The van der Waals surface area contributed by atoms with Crippen LogP contribution in [-0.4, -0.2) is 57.4 Å². The van der Waals surface area contributed by atoms with E-state index in [0.717, 1.165) is 17.8 Å². The van der Waals surface area contributed by atoms with Crippen molar-refractivity contribution in [1.29, 1.82) is 0 Å². The van der Waals surface area contributed by atoms with Crippen molar-refractivity contribution in [2.45, 2.75) is 45.9 Å². The van der Waals surface area contributed by atoms with Gasteiger partial charge in [0.05, 0.1) is 0 Å². The zero-order valence-electron chi connectivity index (χ0n) is 17.1. The van der Waals surface area contributed by atoms with Gasteiger partial charge < -0.3 is 24.2 Å². The second-order valence-corrected chi connectivity index (χ2v) is 7.99. The molecule has 1 aromatic carbocycles. The molecule has 1 aliphatic rings. The predicted octanol–water partition coefficient (Wildman–Crippen LogP) is 3.04. The van der Waals surface area contributed by atoms with E-state index in [1.165, 1.54) is 0 Å². The Morgan fingerprint density at radius 1 is 1.21 bits per heavy atom. The number of ether oxygens (including phenoxy) is 1. The molecule has 1 aromatic heterocycles. The number of hydrogen-bond donors (Lipinski definition) is 1. The van der Waals surface area contributed by atoms with Crippen LogP contribution in [0.5, 0.6) is 0 Å². The Balaban J connectivity index is 1.73. The van der Waals surface area contributed by atoms with Gasteiger partial charge in [-0.15, -0.1) is 0 Å². The number of para-hydroxylation sites is 1. The molecule has 7 nitrogen and oxygen atoms in total. The van der Waals surface area contributed by atoms with Gasteiger partial charge in [-0.2, -0.15) is 0 Å². The van der Waals surface area contributed by atoms with Crippen LogP contribution in [0.4, 0.5) is 10.5 Å². The normalized spacial score (nSPS) is 16.2. The van der Waals surface area contributed by atoms with Gasteiger partial charge in [0.1, 0.15) is 17.5 Å². The second kappa shape index (κ2) is 8.22. The monoisotopic (exact) mass is 386 g/mol. The van der Waals surface area contributed by atoms with Gasteiger partial charge in [-0.3, -0.25) is 0 Å². The molecule has 1 saturated heterocycles. The van der Waals surface area contributed by atoms with Gasteiger partial charge in [0.2, 0.25) is 0 Å². The van der Waals surface area contributed by atoms with Gasteiger partial charge in [-0.25, -0.2) is 9.78 Å². The molecule has 0 aliphatic carbocycles. The van der Waals surface area contributed by atoms with Crippen LogP contribution in [0.3, 0.4) is 0 Å². The number of hydrogen-bond acceptors (Lipinski definition) is 5. The Kier molecular flexibility index (Phi) is 5.93. The number of anilines is 1. The van der Waals surface area contributed by atoms with E-state index in [4.69, 9.17) is 4.74 Å². The van der Waals surface area contributed by atoms with Gasteiger partial charge in [0.15, 0.2) is 0 Å². The Bertz CT molecular complexity index is 804. The summed E-state index contributed by atoms with van der Waals surface area (Å²) in [4.78, 5) is 20.6. The Labute approximate surface area is 166 Å². The van der Waals surface area contributed by atoms with Gasteiger partial charge in [0, 0.05) is 56.4 Å². The minimum absolute atomic E-state index is 0.273. The maximum absolute atomic E-state index is 12.3. The van der Waals surface area contributed by atoms with Crippen LogP contribution >= 0.6 is 0 Å². The number of rotatable bonds is 4. The average molecular weight is 386 g/mol. The highest BCUT2D eigenvalue weighted by molar-refractivity contribution is 5.69. The first kappa shape index (κ1) is 20.2. The predicted molar refractivity (Wildman–Crippen MR) is 108 cm³/mol. The zero-order valence-corrected chi connectivity index (χ0v) is 17.1. The molecule has 0 bridgehead atoms. The molecule has 28 heavy (non-hydrogen) atoms. The molecule has 152 valence electrons. The standard InChI is InChI=1S/C21H30N4O3/c1-5-23-11-10-22-19(23)18(26)16-8-6-7-9-17(16)24-12-14-25(15-13-24)20(27)28-21(2,3)4/h6-11,18,26H,5,12-15H2,1-4H3. The number of aliphatic hydroxyl groups excluding tert-OH is 1. The molecule has 1 unspecified atom stereocenters. The van der Waals surface area contributed by atoms with Crippen molar-refractivity contribution in [1.82, 2.24) is 14.5 Å². The number of aromatic nitrogens is 2. The maximum Gasteiger partial charge on any atom is 0.410 e. The molecule has 0 spiro atoms. The summed E-state index contributed by atoms with van der Waals surface area (Å²) < 4.78 is 7.42. The fourth-order valence-corrected chi connectivity index (χ4v) is 3.44. The van der Waals surface area contributed by atoms with Crippen LogP contribution in [-0.2, 0) is 11.3 Å². The van der Waals surface area contributed by atoms with Crippen LogP contribution in [0.1, 0.15) is 45.2 Å². The third-order valence-corrected chi connectivity index (χ3v) is 4.84. The summed E-state index contributed by atoms with van der Waals surface area (Å²) in [6, 6.07) is 7.85. The summed E-state index contributed by atoms with van der Waals surface area (Å²) in [5, 5.41) is 11.0. The quantitative estimate of drug-likeness (QED) is 0.875. The fourth-order valence-electron chi connectivity index (χ4n) is 3.44. The first-order chi connectivity index (χ1) is 13.3. The number of carbonyl (C=O) groups excluding carboxylic acids is 1. The second-order valence-electron chi connectivity index (χ2n) is 7.99. The lowest BCUT2D eigenvalue weighted by Gasteiger charge is -2.37. The molecule has 1 N–H and O–H groups in total. The highest BCUT2D eigenvalue weighted by Crippen LogP contribution is 2.31. The van der Waals surface area contributed by atoms with Crippen molar-refractivity contribution < 1.29 is 14.6 Å². The van der Waals surface area contributed by atoms with Crippen LogP contribution < -0.4 is 4.90 Å². The molecular weight excluding hydrogens is 356 g/mol. The topological polar surface area (TPSA) is 70.8 Å². The molecule has 2 heterocycles. The molecule has 1 aliphatic heterocycles. The van der Waals surface area contributed by atoms with Crippen LogP contribution in [0, 0.1) is 0 Å². The van der Waals surface area contributed by atoms with E-state index in [0.29, 0.717) is 32.0 Å². The number of carbonyl (C=O) groups is 1. The first-order valence-electron chi connectivity index (χ1n) is 9.81. The molecular formula is C21H30N4O3. The third-order valence-electron chi connectivity index (χ3n) is 4.84. The van der Waals surface area contributed by atoms with Crippen LogP contribution in [0.15, 0.2) is 36.7 Å². The molecule has 3 rings (SSSR count). The third kappa shape index (κ3) is 4.47. The fraction of sp³-hybridized carbons (Fsp3) is 0.524. The number of benzene rings is 1. The summed E-state index contributed by atoms with van der Waals surface area (Å²) in [5.41, 5.74) is 1.31. The first-order valence-corrected chi connectivity index (χ1v) is 9.81. The number of piperazine rings is 1. The summed E-state index contributed by atoms with van der Waals surface area (Å²) in [7, 11) is 0. The van der Waals surface area contributed by atoms with Gasteiger partial charge in [-0.1, -0.05) is 18.2 Å². The molecule has 0 saturated carbocycles. The number of nitrogens with zero attached hydrogens (tertiary/aromatic N) is 4. The van der Waals surface area contributed by atoms with Crippen molar-refractivity contribution >= 4 is 11.8 Å². The van der Waals surface area contributed by atoms with E-state index in [9.17, 15) is 9.90 Å². The molecule has 2 aromatic rings. The molecule has 7 heteroatoms. The summed E-state index contributed by atoms with van der Waals surface area (Å²) in [5.74, 6) is 0.641. The van der Waals surface area contributed by atoms with Crippen molar-refractivity contribution in [3.63, 3.8) is 0 Å². The van der Waals surface area contributed by atoms with Crippen molar-refractivity contribution in [3.8, 4) is 0 Å².